The fraction of sp³-hybridized carbons (Fsp3) is 0.214. The predicted molar refractivity (Wildman–Crippen MR) is 66.0 cm³/mol. The summed E-state index contributed by atoms with van der Waals surface area (Å²) in [6, 6.07) is 7.84. The number of hydrogen-bond donors (Lipinski definition) is 0. The average molecular weight is 216 g/mol. The predicted octanol–water partition coefficient (Wildman–Crippen LogP) is 2.99. The second-order valence-corrected chi connectivity index (χ2v) is 3.45. The molecule has 84 valence electrons. The van der Waals surface area contributed by atoms with Crippen molar-refractivity contribution in [3.63, 3.8) is 0 Å². The first-order chi connectivity index (χ1) is 7.67. The highest BCUT2D eigenvalue weighted by atomic mass is 16.5. The first-order valence-electron chi connectivity index (χ1n) is 5.23. The number of esters is 1. The molecule has 1 rings (SSSR count). The van der Waals surface area contributed by atoms with Gasteiger partial charge in [0.1, 0.15) is 0 Å². The largest absolute Gasteiger partial charge is 0.463 e. The van der Waals surface area contributed by atoms with Gasteiger partial charge in [0.2, 0.25) is 0 Å². The standard InChI is InChI=1S/C14H16O2/c1-4-12-6-8-13(9-7-12)10-11(3)14(15)16-5-2/h4,6-9H,1,3,5,10H2,2H3. The van der Waals surface area contributed by atoms with Crippen molar-refractivity contribution in [1.82, 2.24) is 0 Å². The van der Waals surface area contributed by atoms with E-state index in [-0.39, 0.29) is 5.97 Å². The summed E-state index contributed by atoms with van der Waals surface area (Å²) in [6.07, 6.45) is 2.31. The van der Waals surface area contributed by atoms with E-state index in [0.717, 1.165) is 11.1 Å². The van der Waals surface area contributed by atoms with E-state index >= 15 is 0 Å². The third-order valence-corrected chi connectivity index (χ3v) is 2.20. The Kier molecular flexibility index (Phi) is 4.52. The molecule has 1 aromatic rings. The fourth-order valence-electron chi connectivity index (χ4n) is 1.32. The number of carbonyl (C=O) groups is 1. The molecule has 0 unspecified atom stereocenters. The fourth-order valence-corrected chi connectivity index (χ4v) is 1.32. The zero-order chi connectivity index (χ0) is 12.0. The summed E-state index contributed by atoms with van der Waals surface area (Å²) in [7, 11) is 0. The van der Waals surface area contributed by atoms with E-state index in [1.807, 2.05) is 24.3 Å². The summed E-state index contributed by atoms with van der Waals surface area (Å²) in [5, 5.41) is 0. The Labute approximate surface area is 96.2 Å². The van der Waals surface area contributed by atoms with E-state index in [4.69, 9.17) is 4.74 Å². The van der Waals surface area contributed by atoms with Crippen molar-refractivity contribution < 1.29 is 9.53 Å². The van der Waals surface area contributed by atoms with Crippen LogP contribution in [0.5, 0.6) is 0 Å². The topological polar surface area (TPSA) is 26.3 Å². The molecule has 0 saturated heterocycles. The van der Waals surface area contributed by atoms with Crippen LogP contribution in [-0.4, -0.2) is 12.6 Å². The van der Waals surface area contributed by atoms with E-state index in [1.54, 1.807) is 13.0 Å². The average Bonchev–Trinajstić information content (AvgIpc) is 2.30. The maximum atomic E-state index is 11.3. The molecule has 0 atom stereocenters. The van der Waals surface area contributed by atoms with Crippen LogP contribution in [0.1, 0.15) is 18.1 Å². The van der Waals surface area contributed by atoms with Crippen LogP contribution in [0.25, 0.3) is 6.08 Å². The highest BCUT2D eigenvalue weighted by Gasteiger charge is 2.07. The summed E-state index contributed by atoms with van der Waals surface area (Å²) in [5.74, 6) is -0.324. The van der Waals surface area contributed by atoms with E-state index in [1.165, 1.54) is 0 Å². The monoisotopic (exact) mass is 216 g/mol. The third-order valence-electron chi connectivity index (χ3n) is 2.20. The Hall–Kier alpha value is -1.83. The van der Waals surface area contributed by atoms with Gasteiger partial charge in [0.05, 0.1) is 6.61 Å². The minimum Gasteiger partial charge on any atom is -0.463 e. The van der Waals surface area contributed by atoms with Crippen LogP contribution in [0.2, 0.25) is 0 Å². The van der Waals surface area contributed by atoms with Crippen molar-refractivity contribution in [3.05, 3.63) is 54.1 Å². The molecule has 0 bridgehead atoms. The maximum absolute atomic E-state index is 11.3. The highest BCUT2D eigenvalue weighted by Crippen LogP contribution is 2.10. The molecule has 0 fully saturated rings. The number of rotatable bonds is 5. The zero-order valence-electron chi connectivity index (χ0n) is 9.53. The first-order valence-corrected chi connectivity index (χ1v) is 5.23. The zero-order valence-corrected chi connectivity index (χ0v) is 9.53. The van der Waals surface area contributed by atoms with Gasteiger partial charge < -0.3 is 4.74 Å². The molecule has 0 heterocycles. The van der Waals surface area contributed by atoms with E-state index in [9.17, 15) is 4.79 Å². The summed E-state index contributed by atoms with van der Waals surface area (Å²) in [6.45, 7) is 9.56. The van der Waals surface area contributed by atoms with Crippen LogP contribution in [0.3, 0.4) is 0 Å². The van der Waals surface area contributed by atoms with Gasteiger partial charge in [-0.1, -0.05) is 43.5 Å². The van der Waals surface area contributed by atoms with Crippen LogP contribution < -0.4 is 0 Å². The van der Waals surface area contributed by atoms with Crippen molar-refractivity contribution in [3.8, 4) is 0 Å². The lowest BCUT2D eigenvalue weighted by molar-refractivity contribution is -0.138. The number of ether oxygens (including phenoxy) is 1. The molecule has 2 heteroatoms. The van der Waals surface area contributed by atoms with Crippen LogP contribution in [0.4, 0.5) is 0 Å². The maximum Gasteiger partial charge on any atom is 0.333 e. The van der Waals surface area contributed by atoms with Gasteiger partial charge in [0, 0.05) is 12.0 Å². The molecule has 0 aliphatic rings. The normalized spacial score (nSPS) is 9.56. The van der Waals surface area contributed by atoms with Crippen molar-refractivity contribution >= 4 is 12.0 Å². The quantitative estimate of drug-likeness (QED) is 0.558. The van der Waals surface area contributed by atoms with Gasteiger partial charge in [-0.05, 0) is 18.1 Å². The first kappa shape index (κ1) is 12.2. The van der Waals surface area contributed by atoms with Crippen LogP contribution >= 0.6 is 0 Å². The van der Waals surface area contributed by atoms with Crippen molar-refractivity contribution in [1.29, 1.82) is 0 Å². The van der Waals surface area contributed by atoms with Crippen molar-refractivity contribution in [2.24, 2.45) is 0 Å². The second kappa shape index (κ2) is 5.91. The van der Waals surface area contributed by atoms with Gasteiger partial charge in [0.15, 0.2) is 0 Å². The van der Waals surface area contributed by atoms with E-state index in [0.29, 0.717) is 18.6 Å². The van der Waals surface area contributed by atoms with E-state index in [2.05, 4.69) is 13.2 Å². The van der Waals surface area contributed by atoms with Gasteiger partial charge in [0.25, 0.3) is 0 Å². The van der Waals surface area contributed by atoms with Crippen LogP contribution in [-0.2, 0) is 16.0 Å². The molecule has 0 aromatic heterocycles. The van der Waals surface area contributed by atoms with E-state index < -0.39 is 0 Å². The minimum absolute atomic E-state index is 0.324. The lowest BCUT2D eigenvalue weighted by atomic mass is 10.0. The van der Waals surface area contributed by atoms with Crippen LogP contribution in [0.15, 0.2) is 43.0 Å². The summed E-state index contributed by atoms with van der Waals surface area (Å²) in [5.41, 5.74) is 2.59. The Morgan fingerprint density at radius 3 is 2.50 bits per heavy atom. The second-order valence-electron chi connectivity index (χ2n) is 3.45. The molecule has 0 spiro atoms. The van der Waals surface area contributed by atoms with Crippen molar-refractivity contribution in [2.75, 3.05) is 6.61 Å². The number of carbonyl (C=O) groups excluding carboxylic acids is 1. The van der Waals surface area contributed by atoms with Gasteiger partial charge in [-0.25, -0.2) is 4.79 Å². The molecule has 0 radical (unpaired) electrons. The number of hydrogen-bond acceptors (Lipinski definition) is 2. The molecular formula is C14H16O2. The lowest BCUT2D eigenvalue weighted by Crippen LogP contribution is -2.08. The molecule has 0 amide bonds. The Morgan fingerprint density at radius 1 is 1.38 bits per heavy atom. The summed E-state index contributed by atoms with van der Waals surface area (Å²) >= 11 is 0. The molecule has 0 saturated carbocycles. The van der Waals surface area contributed by atoms with Gasteiger partial charge in [-0.2, -0.15) is 0 Å². The molecule has 0 aliphatic heterocycles. The SMILES string of the molecule is C=Cc1ccc(CC(=C)C(=O)OCC)cc1. The Bertz CT molecular complexity index is 388. The molecule has 2 nitrogen and oxygen atoms in total. The molecule has 16 heavy (non-hydrogen) atoms. The molecule has 0 N–H and O–H groups in total. The minimum atomic E-state index is -0.324. The van der Waals surface area contributed by atoms with Crippen molar-refractivity contribution in [2.45, 2.75) is 13.3 Å². The van der Waals surface area contributed by atoms with Gasteiger partial charge >= 0.3 is 5.97 Å². The Balaban J connectivity index is 2.62. The highest BCUT2D eigenvalue weighted by molar-refractivity contribution is 5.88. The van der Waals surface area contributed by atoms with Gasteiger partial charge in [-0.3, -0.25) is 0 Å². The third kappa shape index (κ3) is 3.39. The molecule has 1 aromatic carbocycles. The van der Waals surface area contributed by atoms with Gasteiger partial charge in [-0.15, -0.1) is 0 Å². The summed E-state index contributed by atoms with van der Waals surface area (Å²) < 4.78 is 4.87. The smallest absolute Gasteiger partial charge is 0.333 e. The van der Waals surface area contributed by atoms with Crippen LogP contribution in [0, 0.1) is 0 Å². The number of benzene rings is 1. The molecular weight excluding hydrogens is 200 g/mol. The summed E-state index contributed by atoms with van der Waals surface area (Å²) in [4.78, 5) is 11.3. The lowest BCUT2D eigenvalue weighted by Gasteiger charge is -2.05. The molecule has 0 aliphatic carbocycles. The Morgan fingerprint density at radius 2 is 2.00 bits per heavy atom.